The molecule has 0 aromatic heterocycles. The number of nitrogens with one attached hydrogen (secondary N) is 1. The standard InChI is InChI=1S/C9H11ClN2O2/c10-6-1-7-11-8-2-4-9(5-3-8)12(13)14/h2-5,11H,1,6-7H2. The molecule has 0 aliphatic heterocycles. The minimum absolute atomic E-state index is 0.105. The van der Waals surface area contributed by atoms with E-state index in [0.29, 0.717) is 5.88 Å². The van der Waals surface area contributed by atoms with Crippen LogP contribution in [0.5, 0.6) is 0 Å². The van der Waals surface area contributed by atoms with E-state index >= 15 is 0 Å². The fraction of sp³-hybridized carbons (Fsp3) is 0.333. The quantitative estimate of drug-likeness (QED) is 0.355. The molecule has 0 amide bonds. The maximum absolute atomic E-state index is 10.3. The Morgan fingerprint density at radius 1 is 1.36 bits per heavy atom. The van der Waals surface area contributed by atoms with Crippen molar-refractivity contribution in [3.63, 3.8) is 0 Å². The third-order valence-electron chi connectivity index (χ3n) is 1.72. The number of hydrogen-bond donors (Lipinski definition) is 1. The van der Waals surface area contributed by atoms with Crippen LogP contribution in [0, 0.1) is 10.1 Å². The lowest BCUT2D eigenvalue weighted by atomic mass is 10.3. The van der Waals surface area contributed by atoms with Gasteiger partial charge in [-0.25, -0.2) is 0 Å². The Morgan fingerprint density at radius 2 is 2.00 bits per heavy atom. The summed E-state index contributed by atoms with van der Waals surface area (Å²) >= 11 is 5.51. The highest BCUT2D eigenvalue weighted by Gasteiger charge is 2.02. The van der Waals surface area contributed by atoms with Gasteiger partial charge in [0.05, 0.1) is 4.92 Å². The molecule has 0 aliphatic rings. The van der Waals surface area contributed by atoms with Crippen molar-refractivity contribution in [3.8, 4) is 0 Å². The molecule has 1 aromatic carbocycles. The first-order valence-electron chi connectivity index (χ1n) is 4.28. The minimum Gasteiger partial charge on any atom is -0.385 e. The minimum atomic E-state index is -0.414. The second-order valence-corrected chi connectivity index (χ2v) is 3.15. The highest BCUT2D eigenvalue weighted by Crippen LogP contribution is 2.15. The molecule has 76 valence electrons. The smallest absolute Gasteiger partial charge is 0.269 e. The maximum atomic E-state index is 10.3. The predicted molar refractivity (Wildman–Crippen MR) is 56.9 cm³/mol. The van der Waals surface area contributed by atoms with Crippen molar-refractivity contribution in [2.75, 3.05) is 17.7 Å². The Bertz CT molecular complexity index is 300. The van der Waals surface area contributed by atoms with Crippen LogP contribution in [0.4, 0.5) is 11.4 Å². The van der Waals surface area contributed by atoms with Gasteiger partial charge in [-0.2, -0.15) is 0 Å². The van der Waals surface area contributed by atoms with Crippen molar-refractivity contribution in [2.24, 2.45) is 0 Å². The molecule has 5 heteroatoms. The molecule has 1 aromatic rings. The number of nitrogens with zero attached hydrogens (tertiary/aromatic N) is 1. The molecule has 1 rings (SSSR count). The van der Waals surface area contributed by atoms with Gasteiger partial charge in [-0.15, -0.1) is 11.6 Å². The Labute approximate surface area is 87.0 Å². The van der Waals surface area contributed by atoms with Crippen LogP contribution >= 0.6 is 11.6 Å². The van der Waals surface area contributed by atoms with E-state index in [2.05, 4.69) is 5.32 Å². The van der Waals surface area contributed by atoms with Crippen molar-refractivity contribution in [1.29, 1.82) is 0 Å². The summed E-state index contributed by atoms with van der Waals surface area (Å²) in [5.74, 6) is 0.611. The Kier molecular flexibility index (Phi) is 4.19. The zero-order chi connectivity index (χ0) is 10.4. The van der Waals surface area contributed by atoms with E-state index in [1.165, 1.54) is 12.1 Å². The number of nitro groups is 1. The first-order valence-corrected chi connectivity index (χ1v) is 4.82. The largest absolute Gasteiger partial charge is 0.385 e. The summed E-state index contributed by atoms with van der Waals surface area (Å²) < 4.78 is 0. The van der Waals surface area contributed by atoms with Crippen LogP contribution in [-0.4, -0.2) is 17.3 Å². The lowest BCUT2D eigenvalue weighted by Gasteiger charge is -2.03. The van der Waals surface area contributed by atoms with Crippen LogP contribution in [0.1, 0.15) is 6.42 Å². The molecule has 0 unspecified atom stereocenters. The van der Waals surface area contributed by atoms with Gasteiger partial charge in [0.15, 0.2) is 0 Å². The number of benzene rings is 1. The van der Waals surface area contributed by atoms with E-state index in [4.69, 9.17) is 11.6 Å². The SMILES string of the molecule is O=[N+]([O-])c1ccc(NCCCCl)cc1. The first-order chi connectivity index (χ1) is 6.74. The van der Waals surface area contributed by atoms with E-state index in [1.54, 1.807) is 12.1 Å². The Morgan fingerprint density at radius 3 is 2.50 bits per heavy atom. The highest BCUT2D eigenvalue weighted by atomic mass is 35.5. The molecule has 0 bridgehead atoms. The Balaban J connectivity index is 2.51. The number of hydrogen-bond acceptors (Lipinski definition) is 3. The number of rotatable bonds is 5. The molecule has 0 fully saturated rings. The molecule has 0 atom stereocenters. The van der Waals surface area contributed by atoms with Crippen LogP contribution in [0.3, 0.4) is 0 Å². The average molecular weight is 215 g/mol. The molecule has 0 saturated heterocycles. The number of nitro benzene ring substituents is 1. The van der Waals surface area contributed by atoms with E-state index < -0.39 is 4.92 Å². The first kappa shape index (κ1) is 10.8. The zero-order valence-electron chi connectivity index (χ0n) is 7.57. The fourth-order valence-electron chi connectivity index (χ4n) is 1.00. The lowest BCUT2D eigenvalue weighted by Crippen LogP contribution is -2.01. The van der Waals surface area contributed by atoms with Gasteiger partial charge in [0.1, 0.15) is 0 Å². The molecule has 4 nitrogen and oxygen atoms in total. The molecule has 0 aliphatic carbocycles. The lowest BCUT2D eigenvalue weighted by molar-refractivity contribution is -0.384. The van der Waals surface area contributed by atoms with Gasteiger partial charge in [0, 0.05) is 30.2 Å². The van der Waals surface area contributed by atoms with E-state index in [9.17, 15) is 10.1 Å². The fourth-order valence-corrected chi connectivity index (χ4v) is 1.13. The summed E-state index contributed by atoms with van der Waals surface area (Å²) in [6.45, 7) is 0.779. The third kappa shape index (κ3) is 3.22. The van der Waals surface area contributed by atoms with Gasteiger partial charge in [0.2, 0.25) is 0 Å². The van der Waals surface area contributed by atoms with Crippen LogP contribution < -0.4 is 5.32 Å². The Hall–Kier alpha value is -1.29. The molecule has 0 radical (unpaired) electrons. The summed E-state index contributed by atoms with van der Waals surface area (Å²) in [7, 11) is 0. The molecule has 1 N–H and O–H groups in total. The normalized spacial score (nSPS) is 9.79. The molecular weight excluding hydrogens is 204 g/mol. The van der Waals surface area contributed by atoms with E-state index in [-0.39, 0.29) is 5.69 Å². The number of non-ortho nitro benzene ring substituents is 1. The number of halogens is 1. The molecule has 0 heterocycles. The summed E-state index contributed by atoms with van der Waals surface area (Å²) in [4.78, 5) is 9.93. The summed E-state index contributed by atoms with van der Waals surface area (Å²) in [5, 5.41) is 13.4. The third-order valence-corrected chi connectivity index (χ3v) is 1.98. The van der Waals surface area contributed by atoms with Gasteiger partial charge in [-0.3, -0.25) is 10.1 Å². The van der Waals surface area contributed by atoms with Crippen molar-refractivity contribution in [3.05, 3.63) is 34.4 Å². The number of anilines is 1. The van der Waals surface area contributed by atoms with Crippen molar-refractivity contribution < 1.29 is 4.92 Å². The van der Waals surface area contributed by atoms with Crippen LogP contribution in [-0.2, 0) is 0 Å². The van der Waals surface area contributed by atoms with Crippen LogP contribution in [0.2, 0.25) is 0 Å². The van der Waals surface area contributed by atoms with Gasteiger partial charge in [-0.1, -0.05) is 0 Å². The predicted octanol–water partition coefficient (Wildman–Crippen LogP) is 2.64. The van der Waals surface area contributed by atoms with Crippen molar-refractivity contribution in [2.45, 2.75) is 6.42 Å². The summed E-state index contributed by atoms with van der Waals surface area (Å²) in [6, 6.07) is 6.32. The van der Waals surface area contributed by atoms with E-state index in [0.717, 1.165) is 18.7 Å². The monoisotopic (exact) mass is 214 g/mol. The molecule has 0 saturated carbocycles. The van der Waals surface area contributed by atoms with Gasteiger partial charge >= 0.3 is 0 Å². The van der Waals surface area contributed by atoms with Crippen molar-refractivity contribution >= 4 is 23.0 Å². The number of alkyl halides is 1. The van der Waals surface area contributed by atoms with Gasteiger partial charge in [0.25, 0.3) is 5.69 Å². The molecule has 14 heavy (non-hydrogen) atoms. The zero-order valence-corrected chi connectivity index (χ0v) is 8.33. The highest BCUT2D eigenvalue weighted by molar-refractivity contribution is 6.17. The second-order valence-electron chi connectivity index (χ2n) is 2.77. The summed E-state index contributed by atoms with van der Waals surface area (Å²) in [5.41, 5.74) is 0.980. The van der Waals surface area contributed by atoms with Gasteiger partial charge in [-0.05, 0) is 18.6 Å². The van der Waals surface area contributed by atoms with Gasteiger partial charge < -0.3 is 5.32 Å². The topological polar surface area (TPSA) is 55.2 Å². The average Bonchev–Trinajstić information content (AvgIpc) is 2.19. The van der Waals surface area contributed by atoms with E-state index in [1.807, 2.05) is 0 Å². The second kappa shape index (κ2) is 5.44. The van der Waals surface area contributed by atoms with Crippen LogP contribution in [0.25, 0.3) is 0 Å². The van der Waals surface area contributed by atoms with Crippen molar-refractivity contribution in [1.82, 2.24) is 0 Å². The molecule has 0 spiro atoms. The maximum Gasteiger partial charge on any atom is 0.269 e. The van der Waals surface area contributed by atoms with Crippen LogP contribution in [0.15, 0.2) is 24.3 Å². The summed E-state index contributed by atoms with van der Waals surface area (Å²) in [6.07, 6.45) is 0.874. The molecular formula is C9H11ClN2O2.